The van der Waals surface area contributed by atoms with Crippen molar-refractivity contribution in [2.45, 2.75) is 12.8 Å². The Bertz CT molecular complexity index is 818. The van der Waals surface area contributed by atoms with E-state index in [1.54, 1.807) is 12.1 Å². The molecule has 7 heteroatoms. The highest BCUT2D eigenvalue weighted by Crippen LogP contribution is 2.23. The summed E-state index contributed by atoms with van der Waals surface area (Å²) in [7, 11) is 0. The van der Waals surface area contributed by atoms with Crippen LogP contribution in [0.3, 0.4) is 0 Å². The maximum absolute atomic E-state index is 12.8. The number of rotatable bonds is 6. The van der Waals surface area contributed by atoms with Crippen LogP contribution >= 0.6 is 0 Å². The first kappa shape index (κ1) is 17.6. The van der Waals surface area contributed by atoms with E-state index in [4.69, 9.17) is 9.47 Å². The van der Waals surface area contributed by atoms with Gasteiger partial charge in [-0.05, 0) is 42.5 Å². The van der Waals surface area contributed by atoms with Gasteiger partial charge >= 0.3 is 5.97 Å². The highest BCUT2D eigenvalue weighted by Gasteiger charge is 2.30. The highest BCUT2D eigenvalue weighted by atomic mass is 19.1. The third kappa shape index (κ3) is 4.05. The first-order valence-electron chi connectivity index (χ1n) is 8.06. The van der Waals surface area contributed by atoms with Gasteiger partial charge in [0.05, 0.1) is 11.3 Å². The molecule has 2 amide bonds. The van der Waals surface area contributed by atoms with Crippen LogP contribution in [0.5, 0.6) is 5.75 Å². The van der Waals surface area contributed by atoms with E-state index >= 15 is 0 Å². The van der Waals surface area contributed by atoms with E-state index in [1.807, 2.05) is 0 Å². The Morgan fingerprint density at radius 2 is 1.69 bits per heavy atom. The van der Waals surface area contributed by atoms with Gasteiger partial charge in [-0.25, -0.2) is 9.18 Å². The van der Waals surface area contributed by atoms with E-state index in [0.717, 1.165) is 4.90 Å². The first-order chi connectivity index (χ1) is 12.5. The number of anilines is 1. The van der Waals surface area contributed by atoms with Crippen molar-refractivity contribution in [3.05, 3.63) is 59.9 Å². The third-order valence-corrected chi connectivity index (χ3v) is 3.79. The zero-order chi connectivity index (χ0) is 18.5. The van der Waals surface area contributed by atoms with Gasteiger partial charge in [0, 0.05) is 12.8 Å². The minimum Gasteiger partial charge on any atom is -0.490 e. The number of esters is 1. The fourth-order valence-electron chi connectivity index (χ4n) is 2.54. The van der Waals surface area contributed by atoms with Crippen molar-refractivity contribution < 1.29 is 28.2 Å². The zero-order valence-corrected chi connectivity index (χ0v) is 13.8. The van der Waals surface area contributed by atoms with Gasteiger partial charge in [-0.1, -0.05) is 6.07 Å². The monoisotopic (exact) mass is 357 g/mol. The predicted octanol–water partition coefficient (Wildman–Crippen LogP) is 2.71. The molecule has 0 aliphatic carbocycles. The molecule has 3 rings (SSSR count). The molecule has 0 N–H and O–H groups in total. The molecule has 0 saturated carbocycles. The van der Waals surface area contributed by atoms with E-state index in [2.05, 4.69) is 0 Å². The summed E-state index contributed by atoms with van der Waals surface area (Å²) in [5, 5.41) is 0. The van der Waals surface area contributed by atoms with Gasteiger partial charge < -0.3 is 9.47 Å². The van der Waals surface area contributed by atoms with E-state index in [9.17, 15) is 18.8 Å². The molecule has 0 radical (unpaired) electrons. The minimum atomic E-state index is -0.589. The second kappa shape index (κ2) is 7.77. The summed E-state index contributed by atoms with van der Waals surface area (Å²) in [6, 6.07) is 11.7. The third-order valence-electron chi connectivity index (χ3n) is 3.79. The Balaban J connectivity index is 1.55. The van der Waals surface area contributed by atoms with E-state index in [0.29, 0.717) is 11.4 Å². The minimum absolute atomic E-state index is 0.00200. The summed E-state index contributed by atoms with van der Waals surface area (Å²) in [6.45, 7) is 0.113. The van der Waals surface area contributed by atoms with Crippen LogP contribution in [-0.4, -0.2) is 31.0 Å². The summed E-state index contributed by atoms with van der Waals surface area (Å²) in [6.07, 6.45) is 0.350. The summed E-state index contributed by atoms with van der Waals surface area (Å²) >= 11 is 0. The molecule has 134 valence electrons. The molecule has 2 aromatic carbocycles. The number of halogens is 1. The molecule has 1 saturated heterocycles. The fraction of sp³-hybridized carbons (Fsp3) is 0.211. The van der Waals surface area contributed by atoms with Crippen molar-refractivity contribution in [2.24, 2.45) is 0 Å². The van der Waals surface area contributed by atoms with Gasteiger partial charge in [-0.15, -0.1) is 0 Å². The quantitative estimate of drug-likeness (QED) is 0.452. The topological polar surface area (TPSA) is 72.9 Å². The van der Waals surface area contributed by atoms with Gasteiger partial charge in [0.25, 0.3) is 0 Å². The van der Waals surface area contributed by atoms with E-state index in [-0.39, 0.29) is 49.3 Å². The van der Waals surface area contributed by atoms with Crippen LogP contribution in [0.4, 0.5) is 10.1 Å². The van der Waals surface area contributed by atoms with Crippen molar-refractivity contribution in [3.8, 4) is 5.75 Å². The predicted molar refractivity (Wildman–Crippen MR) is 90.3 cm³/mol. The smallest absolute Gasteiger partial charge is 0.338 e. The van der Waals surface area contributed by atoms with Gasteiger partial charge in [0.15, 0.2) is 0 Å². The standard InChI is InChI=1S/C19H16FNO5/c20-14-4-6-16(7-5-14)25-10-11-26-19(24)13-2-1-3-15(12-13)21-17(22)8-9-18(21)23/h1-7,12H,8-11H2. The molecule has 1 aliphatic heterocycles. The van der Waals surface area contributed by atoms with Crippen LogP contribution in [0.2, 0.25) is 0 Å². The second-order valence-electron chi connectivity index (χ2n) is 5.61. The summed E-state index contributed by atoms with van der Waals surface area (Å²) in [4.78, 5) is 36.8. The van der Waals surface area contributed by atoms with Crippen LogP contribution in [0.1, 0.15) is 23.2 Å². The number of carbonyl (C=O) groups excluding carboxylic acids is 3. The lowest BCUT2D eigenvalue weighted by Gasteiger charge is -2.14. The van der Waals surface area contributed by atoms with Crippen LogP contribution < -0.4 is 9.64 Å². The lowest BCUT2D eigenvalue weighted by Crippen LogP contribution is -2.28. The molecule has 1 fully saturated rings. The molecule has 0 unspecified atom stereocenters. The Kier molecular flexibility index (Phi) is 5.26. The Morgan fingerprint density at radius 3 is 2.38 bits per heavy atom. The van der Waals surface area contributed by atoms with E-state index in [1.165, 1.54) is 36.4 Å². The Morgan fingerprint density at radius 1 is 1.00 bits per heavy atom. The Labute approximate surface area is 149 Å². The van der Waals surface area contributed by atoms with Gasteiger partial charge in [0.2, 0.25) is 11.8 Å². The first-order valence-corrected chi connectivity index (χ1v) is 8.06. The molecule has 2 aromatic rings. The largest absolute Gasteiger partial charge is 0.490 e. The average Bonchev–Trinajstić information content (AvgIpc) is 2.98. The number of carbonyl (C=O) groups is 3. The second-order valence-corrected chi connectivity index (χ2v) is 5.61. The molecule has 0 bridgehead atoms. The van der Waals surface area contributed by atoms with Crippen LogP contribution in [-0.2, 0) is 14.3 Å². The molecule has 26 heavy (non-hydrogen) atoms. The average molecular weight is 357 g/mol. The number of nitrogens with zero attached hydrogens (tertiary/aromatic N) is 1. The maximum Gasteiger partial charge on any atom is 0.338 e. The molecular formula is C19H16FNO5. The maximum atomic E-state index is 12.8. The lowest BCUT2D eigenvalue weighted by atomic mass is 10.2. The number of amides is 2. The number of ether oxygens (including phenoxy) is 2. The fourth-order valence-corrected chi connectivity index (χ4v) is 2.54. The van der Waals surface area contributed by atoms with Crippen LogP contribution in [0.25, 0.3) is 0 Å². The molecule has 0 aromatic heterocycles. The van der Waals surface area contributed by atoms with Crippen LogP contribution in [0.15, 0.2) is 48.5 Å². The SMILES string of the molecule is O=C(OCCOc1ccc(F)cc1)c1cccc(N2C(=O)CCC2=O)c1. The number of hydrogen-bond donors (Lipinski definition) is 0. The Hall–Kier alpha value is -3.22. The summed E-state index contributed by atoms with van der Waals surface area (Å²) < 4.78 is 23.2. The molecular weight excluding hydrogens is 341 g/mol. The van der Waals surface area contributed by atoms with Crippen molar-refractivity contribution in [1.82, 2.24) is 0 Å². The van der Waals surface area contributed by atoms with Gasteiger partial charge in [-0.3, -0.25) is 14.5 Å². The highest BCUT2D eigenvalue weighted by molar-refractivity contribution is 6.20. The lowest BCUT2D eigenvalue weighted by molar-refractivity contribution is -0.121. The summed E-state index contributed by atoms with van der Waals surface area (Å²) in [5.74, 6) is -1.05. The van der Waals surface area contributed by atoms with Crippen molar-refractivity contribution in [1.29, 1.82) is 0 Å². The van der Waals surface area contributed by atoms with Crippen molar-refractivity contribution in [2.75, 3.05) is 18.1 Å². The molecule has 1 heterocycles. The molecule has 6 nitrogen and oxygen atoms in total. The summed E-state index contributed by atoms with van der Waals surface area (Å²) in [5.41, 5.74) is 0.589. The van der Waals surface area contributed by atoms with Gasteiger partial charge in [-0.2, -0.15) is 0 Å². The normalized spacial score (nSPS) is 13.8. The van der Waals surface area contributed by atoms with E-state index < -0.39 is 5.97 Å². The molecule has 1 aliphatic rings. The molecule has 0 atom stereocenters. The number of benzene rings is 2. The number of hydrogen-bond acceptors (Lipinski definition) is 5. The van der Waals surface area contributed by atoms with Crippen LogP contribution in [0, 0.1) is 5.82 Å². The van der Waals surface area contributed by atoms with Crippen molar-refractivity contribution >= 4 is 23.5 Å². The molecule has 0 spiro atoms. The zero-order valence-electron chi connectivity index (χ0n) is 13.8. The van der Waals surface area contributed by atoms with Gasteiger partial charge in [0.1, 0.15) is 24.8 Å². The number of imide groups is 1. The van der Waals surface area contributed by atoms with Crippen molar-refractivity contribution in [3.63, 3.8) is 0 Å².